The third-order valence-electron chi connectivity index (χ3n) is 2.61. The van der Waals surface area contributed by atoms with E-state index in [4.69, 9.17) is 0 Å². The molecule has 0 atom stereocenters. The van der Waals surface area contributed by atoms with Gasteiger partial charge >= 0.3 is 0 Å². The molecule has 0 bridgehead atoms. The second-order valence-electron chi connectivity index (χ2n) is 3.55. The fourth-order valence-corrected chi connectivity index (χ4v) is 1.88. The van der Waals surface area contributed by atoms with Crippen LogP contribution in [0.3, 0.4) is 0 Å². The van der Waals surface area contributed by atoms with Gasteiger partial charge in [-0.15, -0.1) is 0 Å². The van der Waals surface area contributed by atoms with Crippen molar-refractivity contribution in [1.29, 1.82) is 0 Å². The van der Waals surface area contributed by atoms with Gasteiger partial charge in [-0.1, -0.05) is 48.5 Å². The third-order valence-corrected chi connectivity index (χ3v) is 2.61. The molecule has 0 aromatic heterocycles. The highest BCUT2D eigenvalue weighted by Crippen LogP contribution is 2.21. The van der Waals surface area contributed by atoms with Crippen molar-refractivity contribution in [3.63, 3.8) is 0 Å². The zero-order chi connectivity index (χ0) is 9.38. The van der Waals surface area contributed by atoms with Crippen molar-refractivity contribution < 1.29 is 0 Å². The Morgan fingerprint density at radius 2 is 0.733 bits per heavy atom. The zero-order valence-electron chi connectivity index (χ0n) is 8.27. The van der Waals surface area contributed by atoms with Crippen molar-refractivity contribution in [2.75, 3.05) is 0 Å². The predicted octanol–water partition coefficient (Wildman–Crippen LogP) is 3.61. The van der Waals surface area contributed by atoms with E-state index in [1.165, 1.54) is 21.5 Å². The summed E-state index contributed by atoms with van der Waals surface area (Å²) in [4.78, 5) is 0. The van der Waals surface area contributed by atoms with Crippen LogP contribution in [0.4, 0.5) is 0 Å². The fraction of sp³-hybridized carbons (Fsp3) is 0. The number of fused-ring (bicyclic) bond motifs is 2. The molecule has 0 nitrogen and oxygen atoms in total. The van der Waals surface area contributed by atoms with E-state index in [-0.39, 0.29) is 11.0 Å². The van der Waals surface area contributed by atoms with E-state index >= 15 is 0 Å². The van der Waals surface area contributed by atoms with Crippen molar-refractivity contribution in [2.45, 2.75) is 0 Å². The van der Waals surface area contributed by atoms with Crippen molar-refractivity contribution in [3.8, 4) is 0 Å². The van der Waals surface area contributed by atoms with E-state index in [0.717, 1.165) is 0 Å². The molecule has 0 spiro atoms. The minimum absolute atomic E-state index is 0. The molecule has 0 heterocycles. The Morgan fingerprint density at radius 1 is 0.467 bits per heavy atom. The molecule has 0 saturated heterocycles. The van der Waals surface area contributed by atoms with Crippen molar-refractivity contribution in [2.24, 2.45) is 0 Å². The Labute approximate surface area is 93.6 Å². The normalized spacial score (nSPS) is 10.1. The summed E-state index contributed by atoms with van der Waals surface area (Å²) in [5, 5.41) is 5.25. The first-order chi connectivity index (χ1) is 6.93. The summed E-state index contributed by atoms with van der Waals surface area (Å²) in [6.45, 7) is 0. The Bertz CT molecular complexity index is 494. The molecule has 3 aromatic carbocycles. The van der Waals surface area contributed by atoms with Crippen molar-refractivity contribution >= 4 is 32.5 Å². The quantitative estimate of drug-likeness (QED) is 0.389. The first-order valence-corrected chi connectivity index (χ1v) is 4.81. The van der Waals surface area contributed by atoms with Gasteiger partial charge in [0.15, 0.2) is 0 Å². The molecule has 70 valence electrons. The summed E-state index contributed by atoms with van der Waals surface area (Å²) < 4.78 is 0. The van der Waals surface area contributed by atoms with E-state index in [9.17, 15) is 0 Å². The highest BCUT2D eigenvalue weighted by Gasteiger charge is 1.95. The lowest BCUT2D eigenvalue weighted by Crippen LogP contribution is -1.74. The van der Waals surface area contributed by atoms with Crippen molar-refractivity contribution in [3.05, 3.63) is 60.7 Å². The zero-order valence-corrected chi connectivity index (χ0v) is 9.27. The summed E-state index contributed by atoms with van der Waals surface area (Å²) in [5.74, 6) is 0. The van der Waals surface area contributed by atoms with Gasteiger partial charge in [-0.05, 0) is 33.7 Å². The van der Waals surface area contributed by atoms with Gasteiger partial charge in [-0.25, -0.2) is 0 Å². The summed E-state index contributed by atoms with van der Waals surface area (Å²) in [7, 11) is 0. The summed E-state index contributed by atoms with van der Waals surface area (Å²) >= 11 is 0. The van der Waals surface area contributed by atoms with E-state index in [1.54, 1.807) is 0 Å². The smallest absolute Gasteiger partial charge is 0 e. The van der Waals surface area contributed by atoms with Gasteiger partial charge in [0.05, 0.1) is 0 Å². The van der Waals surface area contributed by atoms with Crippen LogP contribution in [-0.2, 0) is 0 Å². The van der Waals surface area contributed by atoms with Crippen LogP contribution in [0, 0.1) is 0 Å². The monoisotopic (exact) mass is 206 g/mol. The maximum Gasteiger partial charge on any atom is 0 e. The standard InChI is InChI=1S/C14H10.Si/c1-2-6-12-10-14-8-4-3-7-13(14)9-11(12)5-1;/h1-10H;. The Morgan fingerprint density at radius 3 is 1.00 bits per heavy atom. The molecular formula is C14H10Si. The van der Waals surface area contributed by atoms with Crippen molar-refractivity contribution in [1.82, 2.24) is 0 Å². The van der Waals surface area contributed by atoms with Gasteiger partial charge in [0.25, 0.3) is 0 Å². The number of hydrogen-bond donors (Lipinski definition) is 0. The van der Waals surface area contributed by atoms with E-state index in [1.807, 2.05) is 0 Å². The highest BCUT2D eigenvalue weighted by atomic mass is 28.1. The molecular weight excluding hydrogens is 196 g/mol. The van der Waals surface area contributed by atoms with Gasteiger partial charge < -0.3 is 0 Å². The molecule has 0 N–H and O–H groups in total. The van der Waals surface area contributed by atoms with E-state index in [2.05, 4.69) is 60.7 Å². The van der Waals surface area contributed by atoms with Gasteiger partial charge in [0.2, 0.25) is 0 Å². The topological polar surface area (TPSA) is 0 Å². The Hall–Kier alpha value is -1.60. The van der Waals surface area contributed by atoms with Crippen LogP contribution >= 0.6 is 0 Å². The van der Waals surface area contributed by atoms with Crippen LogP contribution in [0.5, 0.6) is 0 Å². The lowest BCUT2D eigenvalue weighted by molar-refractivity contribution is 1.76. The number of benzene rings is 3. The van der Waals surface area contributed by atoms with Crippen LogP contribution in [0.25, 0.3) is 21.5 Å². The molecule has 4 radical (unpaired) electrons. The van der Waals surface area contributed by atoms with Gasteiger partial charge in [0.1, 0.15) is 0 Å². The summed E-state index contributed by atoms with van der Waals surface area (Å²) in [5.41, 5.74) is 0. The first-order valence-electron chi connectivity index (χ1n) is 4.81. The van der Waals surface area contributed by atoms with Crippen LogP contribution in [0.1, 0.15) is 0 Å². The number of hydrogen-bond acceptors (Lipinski definition) is 0. The van der Waals surface area contributed by atoms with Crippen LogP contribution in [-0.4, -0.2) is 11.0 Å². The molecule has 0 fully saturated rings. The summed E-state index contributed by atoms with van der Waals surface area (Å²) in [6.07, 6.45) is 0. The minimum Gasteiger partial charge on any atom is -0.0616 e. The van der Waals surface area contributed by atoms with Crippen LogP contribution < -0.4 is 0 Å². The lowest BCUT2D eigenvalue weighted by Gasteiger charge is -2.00. The molecule has 0 aliphatic rings. The minimum atomic E-state index is 0. The molecule has 0 amide bonds. The highest BCUT2D eigenvalue weighted by molar-refractivity contribution is 5.98. The Balaban J connectivity index is 0.000000853. The largest absolute Gasteiger partial charge is 0.0616 e. The molecule has 3 rings (SSSR count). The third kappa shape index (κ3) is 1.66. The molecule has 0 aliphatic heterocycles. The average molecular weight is 206 g/mol. The molecule has 0 unspecified atom stereocenters. The molecule has 3 aromatic rings. The fourth-order valence-electron chi connectivity index (χ4n) is 1.88. The van der Waals surface area contributed by atoms with Gasteiger partial charge in [-0.3, -0.25) is 0 Å². The lowest BCUT2D eigenvalue weighted by atomic mass is 10.0. The van der Waals surface area contributed by atoms with Gasteiger partial charge in [-0.2, -0.15) is 0 Å². The molecule has 0 aliphatic carbocycles. The molecule has 15 heavy (non-hydrogen) atoms. The average Bonchev–Trinajstić information content (AvgIpc) is 2.26. The van der Waals surface area contributed by atoms with Gasteiger partial charge in [0, 0.05) is 11.0 Å². The van der Waals surface area contributed by atoms with E-state index in [0.29, 0.717) is 0 Å². The second-order valence-corrected chi connectivity index (χ2v) is 3.55. The SMILES string of the molecule is [Si].c1ccc2cc3ccccc3cc2c1. The second kappa shape index (κ2) is 3.87. The maximum absolute atomic E-state index is 2.24. The van der Waals surface area contributed by atoms with Crippen LogP contribution in [0.15, 0.2) is 60.7 Å². The summed E-state index contributed by atoms with van der Waals surface area (Å²) in [6, 6.07) is 21.4. The molecule has 0 saturated carbocycles. The molecule has 1 heteroatoms. The Kier molecular flexibility index (Phi) is 2.56. The maximum atomic E-state index is 2.24. The van der Waals surface area contributed by atoms with E-state index < -0.39 is 0 Å². The first kappa shape index (κ1) is 9.93. The number of rotatable bonds is 0. The predicted molar refractivity (Wildman–Crippen MR) is 67.2 cm³/mol. The van der Waals surface area contributed by atoms with Crippen LogP contribution in [0.2, 0.25) is 0 Å².